The summed E-state index contributed by atoms with van der Waals surface area (Å²) in [7, 11) is 0. The van der Waals surface area contributed by atoms with Gasteiger partial charge in [-0.1, -0.05) is 19.3 Å². The molecule has 0 saturated heterocycles. The number of carbonyl (C=O) groups excluding carboxylic acids is 1. The second-order valence-electron chi connectivity index (χ2n) is 4.55. The average Bonchev–Trinajstić information content (AvgIpc) is 2.40. The Morgan fingerprint density at radius 3 is 2.50 bits per heavy atom. The summed E-state index contributed by atoms with van der Waals surface area (Å²) < 4.78 is 0. The highest BCUT2D eigenvalue weighted by molar-refractivity contribution is 5.95. The molecule has 0 atom stereocenters. The van der Waals surface area contributed by atoms with Gasteiger partial charge in [-0.15, -0.1) is 0 Å². The average molecular weight is 248 g/mol. The summed E-state index contributed by atoms with van der Waals surface area (Å²) >= 11 is 0. The molecule has 1 heterocycles. The SMILES string of the molecule is O=C(NC1CCCCC1)c1ccc(C(=O)O)nc1. The monoisotopic (exact) mass is 248 g/mol. The molecule has 96 valence electrons. The molecule has 0 radical (unpaired) electrons. The quantitative estimate of drug-likeness (QED) is 0.855. The Morgan fingerprint density at radius 1 is 1.22 bits per heavy atom. The Bertz CT molecular complexity index is 436. The molecule has 1 fully saturated rings. The van der Waals surface area contributed by atoms with Gasteiger partial charge in [0.25, 0.3) is 5.91 Å². The first-order chi connectivity index (χ1) is 8.66. The number of carboxylic acids is 1. The van der Waals surface area contributed by atoms with Gasteiger partial charge in [-0.25, -0.2) is 9.78 Å². The van der Waals surface area contributed by atoms with Gasteiger partial charge in [0.1, 0.15) is 5.69 Å². The summed E-state index contributed by atoms with van der Waals surface area (Å²) in [5.41, 5.74) is 0.356. The number of aromatic carboxylic acids is 1. The van der Waals surface area contributed by atoms with E-state index in [1.54, 1.807) is 0 Å². The van der Waals surface area contributed by atoms with E-state index in [-0.39, 0.29) is 17.6 Å². The Hall–Kier alpha value is -1.91. The summed E-state index contributed by atoms with van der Waals surface area (Å²) in [6.07, 6.45) is 6.89. The van der Waals surface area contributed by atoms with Gasteiger partial charge in [0.2, 0.25) is 0 Å². The number of nitrogens with one attached hydrogen (secondary N) is 1. The normalized spacial score (nSPS) is 16.2. The third-order valence-electron chi connectivity index (χ3n) is 3.19. The largest absolute Gasteiger partial charge is 0.477 e. The molecule has 1 aliphatic carbocycles. The van der Waals surface area contributed by atoms with Crippen molar-refractivity contribution in [2.24, 2.45) is 0 Å². The molecule has 0 bridgehead atoms. The molecular formula is C13H16N2O3. The van der Waals surface area contributed by atoms with Crippen molar-refractivity contribution in [2.75, 3.05) is 0 Å². The number of carboxylic acid groups (broad SMARTS) is 1. The lowest BCUT2D eigenvalue weighted by Crippen LogP contribution is -2.36. The Labute approximate surface area is 105 Å². The lowest BCUT2D eigenvalue weighted by molar-refractivity contribution is 0.0689. The van der Waals surface area contributed by atoms with Crippen LogP contribution in [0.2, 0.25) is 0 Å². The minimum absolute atomic E-state index is 0.0517. The maximum Gasteiger partial charge on any atom is 0.354 e. The lowest BCUT2D eigenvalue weighted by Gasteiger charge is -2.22. The maximum absolute atomic E-state index is 11.9. The zero-order valence-electron chi connectivity index (χ0n) is 10.1. The standard InChI is InChI=1S/C13H16N2O3/c16-12(15-10-4-2-1-3-5-10)9-6-7-11(13(17)18)14-8-9/h6-8,10H,1-5H2,(H,15,16)(H,17,18). The van der Waals surface area contributed by atoms with E-state index in [4.69, 9.17) is 5.11 Å². The first-order valence-corrected chi connectivity index (χ1v) is 6.17. The van der Waals surface area contributed by atoms with Gasteiger partial charge in [0, 0.05) is 12.2 Å². The van der Waals surface area contributed by atoms with Crippen LogP contribution in [0.4, 0.5) is 0 Å². The van der Waals surface area contributed by atoms with Crippen LogP contribution in [0.25, 0.3) is 0 Å². The summed E-state index contributed by atoms with van der Waals surface area (Å²) in [5, 5.41) is 11.7. The molecule has 1 aromatic heterocycles. The predicted molar refractivity (Wildman–Crippen MR) is 65.5 cm³/mol. The molecule has 2 N–H and O–H groups in total. The van der Waals surface area contributed by atoms with Gasteiger partial charge >= 0.3 is 5.97 Å². The predicted octanol–water partition coefficient (Wildman–Crippen LogP) is 1.84. The zero-order chi connectivity index (χ0) is 13.0. The van der Waals surface area contributed by atoms with E-state index in [0.717, 1.165) is 25.7 Å². The van der Waals surface area contributed by atoms with Crippen molar-refractivity contribution in [3.63, 3.8) is 0 Å². The van der Waals surface area contributed by atoms with E-state index in [9.17, 15) is 9.59 Å². The molecular weight excluding hydrogens is 232 g/mol. The van der Waals surface area contributed by atoms with Crippen molar-refractivity contribution in [2.45, 2.75) is 38.1 Å². The van der Waals surface area contributed by atoms with Crippen LogP contribution >= 0.6 is 0 Å². The molecule has 1 aliphatic rings. The van der Waals surface area contributed by atoms with E-state index in [1.807, 2.05) is 0 Å². The highest BCUT2D eigenvalue weighted by Crippen LogP contribution is 2.17. The number of amides is 1. The summed E-state index contributed by atoms with van der Waals surface area (Å²) in [5.74, 6) is -1.26. The molecule has 5 nitrogen and oxygen atoms in total. The molecule has 1 amide bonds. The van der Waals surface area contributed by atoms with Crippen molar-refractivity contribution in [3.05, 3.63) is 29.6 Å². The highest BCUT2D eigenvalue weighted by atomic mass is 16.4. The first kappa shape index (κ1) is 12.5. The number of hydrogen-bond acceptors (Lipinski definition) is 3. The lowest BCUT2D eigenvalue weighted by atomic mass is 9.95. The highest BCUT2D eigenvalue weighted by Gasteiger charge is 2.17. The third-order valence-corrected chi connectivity index (χ3v) is 3.19. The number of hydrogen-bond donors (Lipinski definition) is 2. The molecule has 1 saturated carbocycles. The van der Waals surface area contributed by atoms with Crippen molar-refractivity contribution < 1.29 is 14.7 Å². The topological polar surface area (TPSA) is 79.3 Å². The van der Waals surface area contributed by atoms with Crippen LogP contribution < -0.4 is 5.32 Å². The van der Waals surface area contributed by atoms with Crippen LogP contribution in [0, 0.1) is 0 Å². The van der Waals surface area contributed by atoms with Crippen molar-refractivity contribution >= 4 is 11.9 Å². The second-order valence-corrected chi connectivity index (χ2v) is 4.55. The van der Waals surface area contributed by atoms with Gasteiger partial charge in [-0.05, 0) is 25.0 Å². The smallest absolute Gasteiger partial charge is 0.354 e. The Kier molecular flexibility index (Phi) is 3.92. The minimum atomic E-state index is -1.09. The van der Waals surface area contributed by atoms with E-state index in [1.165, 1.54) is 24.8 Å². The fourth-order valence-electron chi connectivity index (χ4n) is 2.17. The third kappa shape index (κ3) is 3.06. The first-order valence-electron chi connectivity index (χ1n) is 6.17. The van der Waals surface area contributed by atoms with E-state index < -0.39 is 5.97 Å². The number of nitrogens with zero attached hydrogens (tertiary/aromatic N) is 1. The second kappa shape index (κ2) is 5.62. The maximum atomic E-state index is 11.9. The van der Waals surface area contributed by atoms with Gasteiger partial charge < -0.3 is 10.4 Å². The number of aromatic nitrogens is 1. The molecule has 5 heteroatoms. The fraction of sp³-hybridized carbons (Fsp3) is 0.462. The van der Waals surface area contributed by atoms with Gasteiger partial charge in [-0.2, -0.15) is 0 Å². The molecule has 2 rings (SSSR count). The van der Waals surface area contributed by atoms with Crippen molar-refractivity contribution in [1.29, 1.82) is 0 Å². The van der Waals surface area contributed by atoms with Crippen LogP contribution in [0.3, 0.4) is 0 Å². The summed E-state index contributed by atoms with van der Waals surface area (Å²) in [4.78, 5) is 26.3. The summed E-state index contributed by atoms with van der Waals surface area (Å²) in [6, 6.07) is 3.08. The van der Waals surface area contributed by atoms with Gasteiger partial charge in [0.15, 0.2) is 0 Å². The van der Waals surface area contributed by atoms with Crippen LogP contribution in [-0.4, -0.2) is 28.0 Å². The Morgan fingerprint density at radius 2 is 1.94 bits per heavy atom. The Balaban J connectivity index is 1.97. The molecule has 0 spiro atoms. The van der Waals surface area contributed by atoms with E-state index >= 15 is 0 Å². The number of carbonyl (C=O) groups is 2. The molecule has 0 aromatic carbocycles. The minimum Gasteiger partial charge on any atom is -0.477 e. The van der Waals surface area contributed by atoms with Crippen molar-refractivity contribution in [1.82, 2.24) is 10.3 Å². The number of rotatable bonds is 3. The van der Waals surface area contributed by atoms with Crippen molar-refractivity contribution in [3.8, 4) is 0 Å². The van der Waals surface area contributed by atoms with Crippen LogP contribution in [-0.2, 0) is 0 Å². The summed E-state index contributed by atoms with van der Waals surface area (Å²) in [6.45, 7) is 0. The molecule has 0 aliphatic heterocycles. The fourth-order valence-corrected chi connectivity index (χ4v) is 2.17. The molecule has 0 unspecified atom stereocenters. The van der Waals surface area contributed by atoms with Crippen LogP contribution in [0.1, 0.15) is 53.0 Å². The molecule has 18 heavy (non-hydrogen) atoms. The van der Waals surface area contributed by atoms with E-state index in [2.05, 4.69) is 10.3 Å². The molecule has 1 aromatic rings. The van der Waals surface area contributed by atoms with E-state index in [0.29, 0.717) is 5.56 Å². The van der Waals surface area contributed by atoms with Crippen LogP contribution in [0.5, 0.6) is 0 Å². The van der Waals surface area contributed by atoms with Gasteiger partial charge in [0.05, 0.1) is 5.56 Å². The number of pyridine rings is 1. The van der Waals surface area contributed by atoms with Gasteiger partial charge in [-0.3, -0.25) is 4.79 Å². The van der Waals surface area contributed by atoms with Crippen LogP contribution in [0.15, 0.2) is 18.3 Å². The zero-order valence-corrected chi connectivity index (χ0v) is 10.1.